The molecule has 1 aliphatic heterocycles. The van der Waals surface area contributed by atoms with Crippen molar-refractivity contribution in [1.29, 1.82) is 0 Å². The molecule has 1 heterocycles. The number of amides is 1. The molecule has 3 N–H and O–H groups in total. The average Bonchev–Trinajstić information content (AvgIpc) is 2.45. The van der Waals surface area contributed by atoms with Crippen LogP contribution in [0.1, 0.15) is 25.0 Å². The minimum absolute atomic E-state index is 0.0130. The van der Waals surface area contributed by atoms with Gasteiger partial charge in [-0.2, -0.15) is 0 Å². The molecule has 0 saturated carbocycles. The predicted octanol–water partition coefficient (Wildman–Crippen LogP) is 0.846. The van der Waals surface area contributed by atoms with Gasteiger partial charge in [0.15, 0.2) is 0 Å². The Morgan fingerprint density at radius 1 is 1.48 bits per heavy atom. The third kappa shape index (κ3) is 3.41. The molecule has 1 aliphatic rings. The number of nitrogens with one attached hydrogen (secondary N) is 1. The number of piperazine rings is 1. The fourth-order valence-electron chi connectivity index (χ4n) is 2.35. The quantitative estimate of drug-likeness (QED) is 0.794. The Bertz CT molecular complexity index is 601. The minimum Gasteiger partial charge on any atom is -0.353 e. The standard InChI is InChI=1S/C16H20FN3O/c1-16(2)15(21)19-8-9-20(16)11-12-5-6-14(17)13(10-12)4-3-7-18/h5-6,10H,7-9,11,18H2,1-2H3,(H,19,21). The van der Waals surface area contributed by atoms with E-state index < -0.39 is 5.54 Å². The second-order valence-corrected chi connectivity index (χ2v) is 5.56. The number of halogens is 1. The maximum absolute atomic E-state index is 13.7. The fraction of sp³-hybridized carbons (Fsp3) is 0.438. The molecular weight excluding hydrogens is 269 g/mol. The second-order valence-electron chi connectivity index (χ2n) is 5.56. The molecule has 0 atom stereocenters. The summed E-state index contributed by atoms with van der Waals surface area (Å²) in [6.45, 7) is 5.95. The van der Waals surface area contributed by atoms with E-state index in [1.807, 2.05) is 13.8 Å². The Labute approximate surface area is 124 Å². The number of hydrogen-bond donors (Lipinski definition) is 2. The summed E-state index contributed by atoms with van der Waals surface area (Å²) in [6.07, 6.45) is 0. The summed E-state index contributed by atoms with van der Waals surface area (Å²) < 4.78 is 13.7. The third-order valence-corrected chi connectivity index (χ3v) is 3.74. The summed E-state index contributed by atoms with van der Waals surface area (Å²) in [5, 5.41) is 2.86. The normalized spacial score (nSPS) is 17.8. The van der Waals surface area contributed by atoms with E-state index in [1.165, 1.54) is 6.07 Å². The molecule has 4 nitrogen and oxygen atoms in total. The highest BCUT2D eigenvalue weighted by molar-refractivity contribution is 5.86. The van der Waals surface area contributed by atoms with Gasteiger partial charge < -0.3 is 11.1 Å². The van der Waals surface area contributed by atoms with Crippen molar-refractivity contribution in [3.8, 4) is 11.8 Å². The van der Waals surface area contributed by atoms with Crippen LogP contribution in [-0.4, -0.2) is 36.0 Å². The molecule has 1 fully saturated rings. The van der Waals surface area contributed by atoms with E-state index in [4.69, 9.17) is 5.73 Å². The van der Waals surface area contributed by atoms with Crippen molar-refractivity contribution in [2.75, 3.05) is 19.6 Å². The van der Waals surface area contributed by atoms with E-state index in [9.17, 15) is 9.18 Å². The number of carbonyl (C=O) groups is 1. The SMILES string of the molecule is CC1(C)C(=O)NCCN1Cc1ccc(F)c(C#CCN)c1. The Morgan fingerprint density at radius 2 is 2.24 bits per heavy atom. The van der Waals surface area contributed by atoms with Crippen LogP contribution in [0.15, 0.2) is 18.2 Å². The topological polar surface area (TPSA) is 58.4 Å². The molecule has 0 spiro atoms. The number of hydrogen-bond acceptors (Lipinski definition) is 3. The molecule has 1 saturated heterocycles. The van der Waals surface area contributed by atoms with E-state index in [-0.39, 0.29) is 18.3 Å². The van der Waals surface area contributed by atoms with Crippen LogP contribution >= 0.6 is 0 Å². The maximum atomic E-state index is 13.7. The van der Waals surface area contributed by atoms with Gasteiger partial charge in [0.1, 0.15) is 5.82 Å². The number of nitrogens with zero attached hydrogens (tertiary/aromatic N) is 1. The zero-order chi connectivity index (χ0) is 15.5. The van der Waals surface area contributed by atoms with Crippen molar-refractivity contribution in [3.63, 3.8) is 0 Å². The highest BCUT2D eigenvalue weighted by Crippen LogP contribution is 2.21. The molecule has 0 radical (unpaired) electrons. The second kappa shape index (κ2) is 6.25. The molecule has 0 unspecified atom stereocenters. The maximum Gasteiger partial charge on any atom is 0.240 e. The van der Waals surface area contributed by atoms with Crippen LogP contribution < -0.4 is 11.1 Å². The molecule has 5 heteroatoms. The predicted molar refractivity (Wildman–Crippen MR) is 79.8 cm³/mol. The first-order valence-corrected chi connectivity index (χ1v) is 6.96. The Kier molecular flexibility index (Phi) is 4.61. The van der Waals surface area contributed by atoms with Gasteiger partial charge in [0, 0.05) is 19.6 Å². The van der Waals surface area contributed by atoms with Crippen molar-refractivity contribution in [2.45, 2.75) is 25.9 Å². The fourth-order valence-corrected chi connectivity index (χ4v) is 2.35. The number of benzene rings is 1. The summed E-state index contributed by atoms with van der Waals surface area (Å²) in [5.41, 5.74) is 6.02. The molecule has 0 bridgehead atoms. The van der Waals surface area contributed by atoms with Crippen LogP contribution in [0, 0.1) is 17.7 Å². The van der Waals surface area contributed by atoms with E-state index in [0.29, 0.717) is 18.7 Å². The monoisotopic (exact) mass is 289 g/mol. The zero-order valence-electron chi connectivity index (χ0n) is 12.4. The summed E-state index contributed by atoms with van der Waals surface area (Å²) in [6, 6.07) is 4.86. The van der Waals surface area contributed by atoms with Gasteiger partial charge in [0.05, 0.1) is 17.6 Å². The Balaban J connectivity index is 2.21. The van der Waals surface area contributed by atoms with Crippen LogP contribution in [0.2, 0.25) is 0 Å². The first-order valence-electron chi connectivity index (χ1n) is 6.96. The van der Waals surface area contributed by atoms with Crippen molar-refractivity contribution in [3.05, 3.63) is 35.1 Å². The number of rotatable bonds is 2. The highest BCUT2D eigenvalue weighted by Gasteiger charge is 2.37. The van der Waals surface area contributed by atoms with E-state index in [2.05, 4.69) is 22.1 Å². The Morgan fingerprint density at radius 3 is 2.95 bits per heavy atom. The van der Waals surface area contributed by atoms with Gasteiger partial charge in [-0.25, -0.2) is 4.39 Å². The Hall–Kier alpha value is -1.90. The van der Waals surface area contributed by atoms with Crippen LogP contribution in [-0.2, 0) is 11.3 Å². The lowest BCUT2D eigenvalue weighted by Crippen LogP contribution is -2.61. The van der Waals surface area contributed by atoms with Crippen LogP contribution in [0.3, 0.4) is 0 Å². The average molecular weight is 289 g/mol. The van der Waals surface area contributed by atoms with E-state index in [0.717, 1.165) is 12.1 Å². The van der Waals surface area contributed by atoms with Gasteiger partial charge in [-0.1, -0.05) is 17.9 Å². The van der Waals surface area contributed by atoms with Crippen molar-refractivity contribution in [1.82, 2.24) is 10.2 Å². The lowest BCUT2D eigenvalue weighted by molar-refractivity contribution is -0.135. The van der Waals surface area contributed by atoms with Gasteiger partial charge in [0.25, 0.3) is 0 Å². The van der Waals surface area contributed by atoms with Gasteiger partial charge in [-0.3, -0.25) is 9.69 Å². The molecule has 0 aromatic heterocycles. The van der Waals surface area contributed by atoms with Gasteiger partial charge >= 0.3 is 0 Å². The molecule has 112 valence electrons. The smallest absolute Gasteiger partial charge is 0.240 e. The number of carbonyl (C=O) groups excluding carboxylic acids is 1. The summed E-state index contributed by atoms with van der Waals surface area (Å²) >= 11 is 0. The summed E-state index contributed by atoms with van der Waals surface area (Å²) in [7, 11) is 0. The van der Waals surface area contributed by atoms with Gasteiger partial charge in [-0.05, 0) is 31.5 Å². The lowest BCUT2D eigenvalue weighted by Gasteiger charge is -2.41. The largest absolute Gasteiger partial charge is 0.353 e. The first kappa shape index (κ1) is 15.5. The molecular formula is C16H20FN3O. The molecule has 2 rings (SSSR count). The van der Waals surface area contributed by atoms with Crippen molar-refractivity contribution < 1.29 is 9.18 Å². The van der Waals surface area contributed by atoms with E-state index >= 15 is 0 Å². The van der Waals surface area contributed by atoms with Crippen LogP contribution in [0.25, 0.3) is 0 Å². The van der Waals surface area contributed by atoms with Crippen molar-refractivity contribution >= 4 is 5.91 Å². The zero-order valence-corrected chi connectivity index (χ0v) is 12.4. The van der Waals surface area contributed by atoms with Crippen molar-refractivity contribution in [2.24, 2.45) is 5.73 Å². The molecule has 21 heavy (non-hydrogen) atoms. The highest BCUT2D eigenvalue weighted by atomic mass is 19.1. The first-order chi connectivity index (χ1) is 9.95. The molecule has 1 aromatic rings. The molecule has 1 amide bonds. The summed E-state index contributed by atoms with van der Waals surface area (Å²) in [4.78, 5) is 14.0. The molecule has 0 aliphatic carbocycles. The van der Waals surface area contributed by atoms with Gasteiger partial charge in [0.2, 0.25) is 5.91 Å². The third-order valence-electron chi connectivity index (χ3n) is 3.74. The van der Waals surface area contributed by atoms with Crippen LogP contribution in [0.4, 0.5) is 4.39 Å². The summed E-state index contributed by atoms with van der Waals surface area (Å²) in [5.74, 6) is 5.05. The molecule has 1 aromatic carbocycles. The van der Waals surface area contributed by atoms with Crippen LogP contribution in [0.5, 0.6) is 0 Å². The van der Waals surface area contributed by atoms with Gasteiger partial charge in [-0.15, -0.1) is 0 Å². The number of nitrogens with two attached hydrogens (primary N) is 1. The van der Waals surface area contributed by atoms with E-state index in [1.54, 1.807) is 12.1 Å². The lowest BCUT2D eigenvalue weighted by atomic mass is 9.97. The minimum atomic E-state index is -0.574.